The third kappa shape index (κ3) is 2.95. The van der Waals surface area contributed by atoms with Crippen LogP contribution in [0, 0.1) is 5.41 Å². The van der Waals surface area contributed by atoms with Gasteiger partial charge < -0.3 is 0 Å². The van der Waals surface area contributed by atoms with Crippen LogP contribution in [0.5, 0.6) is 0 Å². The van der Waals surface area contributed by atoms with Crippen molar-refractivity contribution in [2.24, 2.45) is 5.41 Å². The summed E-state index contributed by atoms with van der Waals surface area (Å²) in [6.07, 6.45) is 8.15. The van der Waals surface area contributed by atoms with Crippen LogP contribution in [-0.4, -0.2) is 11.8 Å². The predicted molar refractivity (Wildman–Crippen MR) is 63.0 cm³/mol. The van der Waals surface area contributed by atoms with Crippen molar-refractivity contribution in [2.75, 3.05) is 0 Å². The van der Waals surface area contributed by atoms with Crippen LogP contribution < -0.4 is 0 Å². The summed E-state index contributed by atoms with van der Waals surface area (Å²) in [7, 11) is 0. The first-order chi connectivity index (χ1) is 7.52. The van der Waals surface area contributed by atoms with E-state index in [1.807, 2.05) is 0 Å². The Morgan fingerprint density at radius 1 is 1.00 bits per heavy atom. The van der Waals surface area contributed by atoms with Crippen molar-refractivity contribution in [2.45, 2.75) is 83.0 Å². The Kier molecular flexibility index (Phi) is 3.56. The van der Waals surface area contributed by atoms with Gasteiger partial charge in [-0.25, -0.2) is 8.78 Å². The molecule has 0 radical (unpaired) electrons. The van der Waals surface area contributed by atoms with E-state index >= 15 is 0 Å². The molecule has 0 aliphatic heterocycles. The molecule has 0 aromatic carbocycles. The lowest BCUT2D eigenvalue weighted by Gasteiger charge is -2.36. The van der Waals surface area contributed by atoms with E-state index in [0.717, 1.165) is 38.5 Å². The largest absolute Gasteiger partial charge is 0.247 e. The molecular weight excluding hydrogens is 206 g/mol. The van der Waals surface area contributed by atoms with Crippen molar-refractivity contribution in [3.63, 3.8) is 0 Å². The average molecular weight is 230 g/mol. The Bertz CT molecular complexity index is 233. The van der Waals surface area contributed by atoms with Gasteiger partial charge in [0.05, 0.1) is 0 Å². The van der Waals surface area contributed by atoms with Gasteiger partial charge in [-0.3, -0.25) is 0 Å². The molecule has 0 aromatic rings. The van der Waals surface area contributed by atoms with Crippen LogP contribution in [0.4, 0.5) is 8.78 Å². The van der Waals surface area contributed by atoms with Crippen molar-refractivity contribution in [3.8, 4) is 0 Å². The van der Waals surface area contributed by atoms with Crippen molar-refractivity contribution in [1.29, 1.82) is 0 Å². The summed E-state index contributed by atoms with van der Waals surface area (Å²) in [5.41, 5.74) is -1.07. The van der Waals surface area contributed by atoms with Crippen LogP contribution >= 0.6 is 0 Å². The molecule has 2 aliphatic carbocycles. The highest BCUT2D eigenvalue weighted by Crippen LogP contribution is 2.49. The van der Waals surface area contributed by atoms with E-state index in [4.69, 9.17) is 0 Å². The van der Waals surface area contributed by atoms with Gasteiger partial charge in [0.1, 0.15) is 11.8 Å². The molecule has 0 heterocycles. The highest BCUT2D eigenvalue weighted by Gasteiger charge is 2.42. The molecule has 2 rings (SSSR count). The summed E-state index contributed by atoms with van der Waals surface area (Å²) in [6.45, 7) is 1.72. The second-order valence-corrected chi connectivity index (χ2v) is 6.34. The zero-order valence-corrected chi connectivity index (χ0v) is 10.4. The predicted octanol–water partition coefficient (Wildman–Crippen LogP) is 4.97. The SMILES string of the molecule is CC1(F)CCCCC2(CCCCC(F)C2)C1. The van der Waals surface area contributed by atoms with E-state index < -0.39 is 11.8 Å². The first-order valence-electron chi connectivity index (χ1n) is 6.85. The van der Waals surface area contributed by atoms with Crippen molar-refractivity contribution in [3.05, 3.63) is 0 Å². The zero-order chi connectivity index (χ0) is 11.6. The van der Waals surface area contributed by atoms with Gasteiger partial charge in [-0.15, -0.1) is 0 Å². The number of hydrogen-bond acceptors (Lipinski definition) is 0. The van der Waals surface area contributed by atoms with Gasteiger partial charge in [-0.05, 0) is 50.9 Å². The van der Waals surface area contributed by atoms with Crippen LogP contribution in [0.2, 0.25) is 0 Å². The zero-order valence-electron chi connectivity index (χ0n) is 10.4. The minimum absolute atomic E-state index is 0.0179. The number of rotatable bonds is 0. The van der Waals surface area contributed by atoms with Crippen molar-refractivity contribution < 1.29 is 8.78 Å². The summed E-state index contributed by atoms with van der Waals surface area (Å²) in [5.74, 6) is 0. The molecular formula is C14H24F2. The summed E-state index contributed by atoms with van der Waals surface area (Å²) in [6, 6.07) is 0. The quantitative estimate of drug-likeness (QED) is 0.551. The van der Waals surface area contributed by atoms with Crippen LogP contribution in [0.15, 0.2) is 0 Å². The third-order valence-corrected chi connectivity index (χ3v) is 4.53. The minimum atomic E-state index is -1.06. The Morgan fingerprint density at radius 2 is 1.62 bits per heavy atom. The fourth-order valence-corrected chi connectivity index (χ4v) is 3.88. The monoisotopic (exact) mass is 230 g/mol. The normalized spacial score (nSPS) is 46.3. The maximum atomic E-state index is 14.3. The first-order valence-corrected chi connectivity index (χ1v) is 6.85. The first kappa shape index (κ1) is 12.3. The average Bonchev–Trinajstić information content (AvgIpc) is 2.43. The summed E-state index contributed by atoms with van der Waals surface area (Å²) >= 11 is 0. The van der Waals surface area contributed by atoms with Gasteiger partial charge in [0.2, 0.25) is 0 Å². The van der Waals surface area contributed by atoms with Gasteiger partial charge in [0.25, 0.3) is 0 Å². The smallest absolute Gasteiger partial charge is 0.108 e. The molecule has 2 fully saturated rings. The molecule has 2 aliphatic rings. The maximum absolute atomic E-state index is 14.3. The third-order valence-electron chi connectivity index (χ3n) is 4.53. The Labute approximate surface area is 97.8 Å². The molecule has 0 saturated heterocycles. The van der Waals surface area contributed by atoms with E-state index in [1.54, 1.807) is 6.92 Å². The van der Waals surface area contributed by atoms with Crippen LogP contribution in [0.3, 0.4) is 0 Å². The van der Waals surface area contributed by atoms with E-state index in [1.165, 1.54) is 0 Å². The topological polar surface area (TPSA) is 0 Å². The minimum Gasteiger partial charge on any atom is -0.247 e. The fraction of sp³-hybridized carbons (Fsp3) is 1.00. The molecule has 16 heavy (non-hydrogen) atoms. The Morgan fingerprint density at radius 3 is 2.38 bits per heavy atom. The number of hydrogen-bond donors (Lipinski definition) is 0. The molecule has 0 amide bonds. The second kappa shape index (κ2) is 4.62. The summed E-state index contributed by atoms with van der Waals surface area (Å²) in [5, 5.41) is 0. The molecule has 0 aromatic heterocycles. The molecule has 0 nitrogen and oxygen atoms in total. The molecule has 2 saturated carbocycles. The molecule has 3 unspecified atom stereocenters. The fourth-order valence-electron chi connectivity index (χ4n) is 3.88. The standard InChI is InChI=1S/C14H24F2/c1-13(16)7-4-5-9-14(11-13)8-3-2-6-12(15)10-14/h12H,2-11H2,1H3. The molecule has 3 atom stereocenters. The van der Waals surface area contributed by atoms with Crippen LogP contribution in [0.1, 0.15) is 71.1 Å². The number of alkyl halides is 2. The van der Waals surface area contributed by atoms with Crippen molar-refractivity contribution >= 4 is 0 Å². The van der Waals surface area contributed by atoms with Gasteiger partial charge in [-0.2, -0.15) is 0 Å². The molecule has 94 valence electrons. The van der Waals surface area contributed by atoms with Gasteiger partial charge in [0.15, 0.2) is 0 Å². The molecule has 1 spiro atoms. The van der Waals surface area contributed by atoms with E-state index in [-0.39, 0.29) is 5.41 Å². The molecule has 0 bridgehead atoms. The molecule has 0 N–H and O–H groups in total. The maximum Gasteiger partial charge on any atom is 0.108 e. The lowest BCUT2D eigenvalue weighted by Crippen LogP contribution is -2.31. The Hall–Kier alpha value is -0.140. The van der Waals surface area contributed by atoms with E-state index in [0.29, 0.717) is 25.7 Å². The van der Waals surface area contributed by atoms with Crippen molar-refractivity contribution in [1.82, 2.24) is 0 Å². The van der Waals surface area contributed by atoms with Crippen LogP contribution in [-0.2, 0) is 0 Å². The van der Waals surface area contributed by atoms with Crippen LogP contribution in [0.25, 0.3) is 0 Å². The lowest BCUT2D eigenvalue weighted by molar-refractivity contribution is 0.0668. The highest BCUT2D eigenvalue weighted by atomic mass is 19.1. The lowest BCUT2D eigenvalue weighted by atomic mass is 9.71. The second-order valence-electron chi connectivity index (χ2n) is 6.34. The van der Waals surface area contributed by atoms with Gasteiger partial charge in [0, 0.05) is 0 Å². The van der Waals surface area contributed by atoms with E-state index in [9.17, 15) is 8.78 Å². The van der Waals surface area contributed by atoms with E-state index in [2.05, 4.69) is 0 Å². The van der Waals surface area contributed by atoms with Gasteiger partial charge in [-0.1, -0.05) is 25.7 Å². The number of halogens is 2. The highest BCUT2D eigenvalue weighted by molar-refractivity contribution is 4.93. The summed E-state index contributed by atoms with van der Waals surface area (Å²) < 4.78 is 28.0. The summed E-state index contributed by atoms with van der Waals surface area (Å²) in [4.78, 5) is 0. The Balaban J connectivity index is 2.13. The van der Waals surface area contributed by atoms with Gasteiger partial charge >= 0.3 is 0 Å². The molecule has 2 heteroatoms.